The molecule has 0 aromatic heterocycles. The summed E-state index contributed by atoms with van der Waals surface area (Å²) in [4.78, 5) is 0. The molecule has 3 rings (SSSR count). The molecular weight excluding hydrogens is 268 g/mol. The zero-order chi connectivity index (χ0) is 15.4. The van der Waals surface area contributed by atoms with E-state index in [4.69, 9.17) is 0 Å². The zero-order valence-electron chi connectivity index (χ0n) is 12.8. The highest BCUT2D eigenvalue weighted by Crippen LogP contribution is 2.31. The van der Waals surface area contributed by atoms with Crippen molar-refractivity contribution in [3.8, 4) is 11.8 Å². The maximum atomic E-state index is 10.5. The van der Waals surface area contributed by atoms with Crippen LogP contribution in [-0.4, -0.2) is 5.11 Å². The van der Waals surface area contributed by atoms with Crippen LogP contribution in [0.1, 0.15) is 41.7 Å². The fourth-order valence-corrected chi connectivity index (χ4v) is 2.78. The van der Waals surface area contributed by atoms with Crippen molar-refractivity contribution in [2.75, 3.05) is 0 Å². The Balaban J connectivity index is 1.77. The summed E-state index contributed by atoms with van der Waals surface area (Å²) in [6.07, 6.45) is 5.75. The minimum Gasteiger partial charge on any atom is -0.387 e. The third kappa shape index (κ3) is 3.13. The summed E-state index contributed by atoms with van der Waals surface area (Å²) in [7, 11) is 0. The molecule has 2 unspecified atom stereocenters. The Morgan fingerprint density at radius 3 is 2.59 bits per heavy atom. The lowest BCUT2D eigenvalue weighted by atomic mass is 9.87. The molecular formula is C21H20O. The van der Waals surface area contributed by atoms with Gasteiger partial charge in [0.05, 0.1) is 12.0 Å². The molecule has 110 valence electrons. The number of fused-ring (bicyclic) bond motifs is 1. The molecule has 0 saturated heterocycles. The van der Waals surface area contributed by atoms with Crippen molar-refractivity contribution in [2.45, 2.75) is 25.9 Å². The molecule has 2 aromatic rings. The van der Waals surface area contributed by atoms with E-state index in [1.165, 1.54) is 5.56 Å². The number of hydrogen-bond acceptors (Lipinski definition) is 1. The highest BCUT2D eigenvalue weighted by Gasteiger charge is 2.22. The second-order valence-corrected chi connectivity index (χ2v) is 5.67. The number of hydrogen-bond donors (Lipinski definition) is 1. The van der Waals surface area contributed by atoms with Gasteiger partial charge in [0.25, 0.3) is 0 Å². The highest BCUT2D eigenvalue weighted by molar-refractivity contribution is 5.59. The minimum absolute atomic E-state index is 0.148. The Bertz CT molecular complexity index is 728. The fourth-order valence-electron chi connectivity index (χ4n) is 2.78. The lowest BCUT2D eigenvalue weighted by Crippen LogP contribution is -2.13. The molecule has 0 spiro atoms. The average Bonchev–Trinajstić information content (AvgIpc) is 2.56. The lowest BCUT2D eigenvalue weighted by Gasteiger charge is -2.21. The predicted molar refractivity (Wildman–Crippen MR) is 91.2 cm³/mol. The second-order valence-electron chi connectivity index (χ2n) is 5.67. The normalized spacial score (nSPS) is 19.2. The third-order valence-electron chi connectivity index (χ3n) is 4.01. The van der Waals surface area contributed by atoms with Gasteiger partial charge in [-0.3, -0.25) is 0 Å². The Labute approximate surface area is 132 Å². The van der Waals surface area contributed by atoms with Crippen LogP contribution in [0.5, 0.6) is 0 Å². The van der Waals surface area contributed by atoms with Gasteiger partial charge in [-0.1, -0.05) is 73.7 Å². The lowest BCUT2D eigenvalue weighted by molar-refractivity contribution is 0.153. The van der Waals surface area contributed by atoms with Gasteiger partial charge in [-0.25, -0.2) is 0 Å². The Hall–Kier alpha value is -2.30. The predicted octanol–water partition coefficient (Wildman–Crippen LogP) is 4.37. The van der Waals surface area contributed by atoms with Gasteiger partial charge in [0, 0.05) is 5.56 Å². The molecule has 1 N–H and O–H groups in total. The van der Waals surface area contributed by atoms with Crippen LogP contribution in [0.4, 0.5) is 0 Å². The monoisotopic (exact) mass is 288 g/mol. The van der Waals surface area contributed by atoms with Gasteiger partial charge in [0.2, 0.25) is 0 Å². The summed E-state index contributed by atoms with van der Waals surface area (Å²) in [6, 6.07) is 16.3. The molecule has 0 bridgehead atoms. The maximum absolute atomic E-state index is 10.5. The van der Waals surface area contributed by atoms with Crippen LogP contribution in [0.2, 0.25) is 0 Å². The van der Waals surface area contributed by atoms with Crippen molar-refractivity contribution >= 4 is 6.08 Å². The van der Waals surface area contributed by atoms with Gasteiger partial charge in [-0.05, 0) is 35.2 Å². The second kappa shape index (κ2) is 6.64. The summed E-state index contributed by atoms with van der Waals surface area (Å²) >= 11 is 0. The first-order valence-electron chi connectivity index (χ1n) is 7.83. The van der Waals surface area contributed by atoms with Crippen LogP contribution < -0.4 is 0 Å². The number of benzene rings is 2. The van der Waals surface area contributed by atoms with Crippen LogP contribution in [-0.2, 0) is 6.42 Å². The van der Waals surface area contributed by atoms with Gasteiger partial charge in [-0.2, -0.15) is 0 Å². The summed E-state index contributed by atoms with van der Waals surface area (Å²) in [5, 5.41) is 10.5. The van der Waals surface area contributed by atoms with Crippen molar-refractivity contribution in [1.29, 1.82) is 0 Å². The molecule has 1 heteroatoms. The summed E-state index contributed by atoms with van der Waals surface area (Å²) in [5.41, 5.74) is 4.39. The average molecular weight is 288 g/mol. The van der Waals surface area contributed by atoms with E-state index in [1.54, 1.807) is 0 Å². The SMILES string of the molecule is CCCc1ccc(C#CC2C=Cc3ccccc3C2O)cc1. The molecule has 1 nitrogen and oxygen atoms in total. The molecule has 0 amide bonds. The van der Waals surface area contributed by atoms with Crippen LogP contribution in [0.25, 0.3) is 6.08 Å². The number of aryl methyl sites for hydroxylation is 1. The third-order valence-corrected chi connectivity index (χ3v) is 4.01. The quantitative estimate of drug-likeness (QED) is 0.814. The Kier molecular flexibility index (Phi) is 4.42. The summed E-state index contributed by atoms with van der Waals surface area (Å²) < 4.78 is 0. The van der Waals surface area contributed by atoms with Crippen molar-refractivity contribution in [3.63, 3.8) is 0 Å². The van der Waals surface area contributed by atoms with Gasteiger partial charge in [0.15, 0.2) is 0 Å². The Morgan fingerprint density at radius 1 is 1.05 bits per heavy atom. The molecule has 1 aliphatic carbocycles. The molecule has 0 heterocycles. The van der Waals surface area contributed by atoms with E-state index in [9.17, 15) is 5.11 Å². The topological polar surface area (TPSA) is 20.2 Å². The first kappa shape index (κ1) is 14.6. The van der Waals surface area contributed by atoms with Gasteiger partial charge < -0.3 is 5.11 Å². The van der Waals surface area contributed by atoms with Crippen LogP contribution in [0.3, 0.4) is 0 Å². The van der Waals surface area contributed by atoms with Gasteiger partial charge in [-0.15, -0.1) is 0 Å². The molecule has 2 aromatic carbocycles. The minimum atomic E-state index is -0.548. The molecule has 0 radical (unpaired) electrons. The number of aliphatic hydroxyl groups is 1. The van der Waals surface area contributed by atoms with Gasteiger partial charge >= 0.3 is 0 Å². The first-order valence-corrected chi connectivity index (χ1v) is 7.83. The smallest absolute Gasteiger partial charge is 0.0968 e. The first-order chi connectivity index (χ1) is 10.8. The van der Waals surface area contributed by atoms with E-state index >= 15 is 0 Å². The molecule has 0 aliphatic heterocycles. The van der Waals surface area contributed by atoms with E-state index in [0.29, 0.717) is 0 Å². The van der Waals surface area contributed by atoms with Crippen molar-refractivity contribution in [3.05, 3.63) is 76.9 Å². The van der Waals surface area contributed by atoms with Crippen molar-refractivity contribution in [1.82, 2.24) is 0 Å². The van der Waals surface area contributed by atoms with Crippen LogP contribution >= 0.6 is 0 Å². The van der Waals surface area contributed by atoms with E-state index in [1.807, 2.05) is 36.4 Å². The van der Waals surface area contributed by atoms with E-state index in [0.717, 1.165) is 29.5 Å². The summed E-state index contributed by atoms with van der Waals surface area (Å²) in [6.45, 7) is 2.18. The summed E-state index contributed by atoms with van der Waals surface area (Å²) in [5.74, 6) is 6.23. The van der Waals surface area contributed by atoms with Gasteiger partial charge in [0.1, 0.15) is 0 Å². The molecule has 0 saturated carbocycles. The molecule has 22 heavy (non-hydrogen) atoms. The van der Waals surface area contributed by atoms with Crippen molar-refractivity contribution in [2.24, 2.45) is 5.92 Å². The zero-order valence-corrected chi connectivity index (χ0v) is 12.8. The highest BCUT2D eigenvalue weighted by atomic mass is 16.3. The number of rotatable bonds is 2. The Morgan fingerprint density at radius 2 is 1.82 bits per heavy atom. The number of aliphatic hydroxyl groups excluding tert-OH is 1. The molecule has 1 aliphatic rings. The fraction of sp³-hybridized carbons (Fsp3) is 0.238. The van der Waals surface area contributed by atoms with Crippen LogP contribution in [0, 0.1) is 17.8 Å². The molecule has 0 fully saturated rings. The van der Waals surface area contributed by atoms with E-state index in [2.05, 4.69) is 43.0 Å². The standard InChI is InChI=1S/C21H20O/c1-2-5-16-8-10-17(11-9-16)12-13-19-15-14-18-6-3-4-7-20(18)21(19)22/h3-4,6-11,14-15,19,21-22H,2,5H2,1H3. The van der Waals surface area contributed by atoms with E-state index < -0.39 is 6.10 Å². The maximum Gasteiger partial charge on any atom is 0.0968 e. The van der Waals surface area contributed by atoms with Crippen molar-refractivity contribution < 1.29 is 5.11 Å². The van der Waals surface area contributed by atoms with E-state index in [-0.39, 0.29) is 5.92 Å². The largest absolute Gasteiger partial charge is 0.387 e. The molecule has 2 atom stereocenters. The van der Waals surface area contributed by atoms with Crippen LogP contribution in [0.15, 0.2) is 54.6 Å².